The number of hydrogen-bond donors (Lipinski definition) is 2. The van der Waals surface area contributed by atoms with Gasteiger partial charge < -0.3 is 11.1 Å². The van der Waals surface area contributed by atoms with Gasteiger partial charge in [-0.15, -0.1) is 11.8 Å². The monoisotopic (exact) mass is 260 g/mol. The Kier molecular flexibility index (Phi) is 4.85. The van der Waals surface area contributed by atoms with E-state index < -0.39 is 0 Å². The zero-order valence-corrected chi connectivity index (χ0v) is 11.1. The molecule has 3 atom stereocenters. The number of hydrogen-bond acceptors (Lipinski definition) is 4. The van der Waals surface area contributed by atoms with Crippen molar-refractivity contribution in [1.82, 2.24) is 5.32 Å². The maximum atomic E-state index is 12.0. The number of carbonyl (C=O) groups excluding carboxylic acids is 1. The minimum absolute atomic E-state index is 0.165. The Hall–Kier alpha value is 0.130. The summed E-state index contributed by atoms with van der Waals surface area (Å²) in [6, 6.07) is 0.338. The van der Waals surface area contributed by atoms with Crippen molar-refractivity contribution in [1.29, 1.82) is 0 Å². The maximum Gasteiger partial charge on any atom is 0.234 e. The number of nitrogens with two attached hydrogens (primary N) is 1. The fourth-order valence-electron chi connectivity index (χ4n) is 2.42. The lowest BCUT2D eigenvalue weighted by atomic mass is 10.0. The van der Waals surface area contributed by atoms with Crippen molar-refractivity contribution in [2.24, 2.45) is 11.7 Å². The molecule has 16 heavy (non-hydrogen) atoms. The summed E-state index contributed by atoms with van der Waals surface area (Å²) in [7, 11) is 0. The summed E-state index contributed by atoms with van der Waals surface area (Å²) in [6.45, 7) is 0.706. The summed E-state index contributed by atoms with van der Waals surface area (Å²) in [4.78, 5) is 12.0. The highest BCUT2D eigenvalue weighted by atomic mass is 32.2. The predicted molar refractivity (Wildman–Crippen MR) is 71.9 cm³/mol. The highest BCUT2D eigenvalue weighted by Gasteiger charge is 2.30. The van der Waals surface area contributed by atoms with Gasteiger partial charge in [-0.3, -0.25) is 4.79 Å². The molecule has 0 bridgehead atoms. The van der Waals surface area contributed by atoms with E-state index in [9.17, 15) is 4.79 Å². The zero-order valence-electron chi connectivity index (χ0n) is 9.48. The van der Waals surface area contributed by atoms with Gasteiger partial charge >= 0.3 is 0 Å². The lowest BCUT2D eigenvalue weighted by Gasteiger charge is -2.25. The van der Waals surface area contributed by atoms with Crippen molar-refractivity contribution >= 4 is 29.4 Å². The van der Waals surface area contributed by atoms with Gasteiger partial charge in [0.15, 0.2) is 0 Å². The van der Waals surface area contributed by atoms with Crippen LogP contribution in [0.15, 0.2) is 0 Å². The Morgan fingerprint density at radius 2 is 2.25 bits per heavy atom. The normalized spacial score (nSPS) is 34.9. The summed E-state index contributed by atoms with van der Waals surface area (Å²) in [6.07, 6.45) is 3.49. The highest BCUT2D eigenvalue weighted by molar-refractivity contribution is 8.07. The molecule has 2 rings (SSSR count). The van der Waals surface area contributed by atoms with Gasteiger partial charge in [0, 0.05) is 23.3 Å². The van der Waals surface area contributed by atoms with Gasteiger partial charge in [0.2, 0.25) is 5.91 Å². The molecule has 1 aliphatic heterocycles. The third kappa shape index (κ3) is 3.08. The molecular formula is C11H20N2OS2. The first-order chi connectivity index (χ1) is 7.81. The van der Waals surface area contributed by atoms with Gasteiger partial charge in [0.1, 0.15) is 0 Å². The van der Waals surface area contributed by atoms with Crippen LogP contribution in [-0.2, 0) is 4.79 Å². The van der Waals surface area contributed by atoms with Gasteiger partial charge in [0.05, 0.1) is 5.25 Å². The van der Waals surface area contributed by atoms with Crippen LogP contribution in [0.1, 0.15) is 19.3 Å². The van der Waals surface area contributed by atoms with E-state index in [-0.39, 0.29) is 11.2 Å². The summed E-state index contributed by atoms with van der Waals surface area (Å²) in [5.74, 6) is 4.00. The van der Waals surface area contributed by atoms with E-state index in [0.29, 0.717) is 18.5 Å². The molecule has 3 unspecified atom stereocenters. The SMILES string of the molecule is NCC1CCCC1NC(=O)C1CSCCS1. The van der Waals surface area contributed by atoms with Crippen molar-refractivity contribution < 1.29 is 4.79 Å². The number of carbonyl (C=O) groups is 1. The number of nitrogens with one attached hydrogen (secondary N) is 1. The molecular weight excluding hydrogens is 240 g/mol. The fourth-order valence-corrected chi connectivity index (χ4v) is 4.99. The van der Waals surface area contributed by atoms with Gasteiger partial charge in [-0.1, -0.05) is 6.42 Å². The Bertz CT molecular complexity index is 244. The summed E-state index contributed by atoms with van der Waals surface area (Å²) in [5, 5.41) is 3.36. The second-order valence-electron chi connectivity index (χ2n) is 4.48. The van der Waals surface area contributed by atoms with Crippen molar-refractivity contribution in [3.63, 3.8) is 0 Å². The predicted octanol–water partition coefficient (Wildman–Crippen LogP) is 1.08. The minimum Gasteiger partial charge on any atom is -0.352 e. The van der Waals surface area contributed by atoms with Crippen LogP contribution >= 0.6 is 23.5 Å². The van der Waals surface area contributed by atoms with E-state index in [1.165, 1.54) is 18.6 Å². The van der Waals surface area contributed by atoms with E-state index in [1.807, 2.05) is 11.8 Å². The molecule has 1 heterocycles. The first kappa shape index (κ1) is 12.6. The summed E-state index contributed by atoms with van der Waals surface area (Å²) >= 11 is 3.69. The topological polar surface area (TPSA) is 55.1 Å². The van der Waals surface area contributed by atoms with Crippen LogP contribution in [0.5, 0.6) is 0 Å². The average Bonchev–Trinajstić information content (AvgIpc) is 2.77. The molecule has 0 aromatic carbocycles. The Morgan fingerprint density at radius 1 is 1.38 bits per heavy atom. The summed E-state index contributed by atoms with van der Waals surface area (Å²) in [5.41, 5.74) is 5.72. The van der Waals surface area contributed by atoms with E-state index in [0.717, 1.165) is 17.9 Å². The first-order valence-electron chi connectivity index (χ1n) is 6.01. The first-order valence-corrected chi connectivity index (χ1v) is 8.21. The lowest BCUT2D eigenvalue weighted by molar-refractivity contribution is -0.121. The third-order valence-electron chi connectivity index (χ3n) is 3.40. The molecule has 1 aliphatic carbocycles. The van der Waals surface area contributed by atoms with Crippen molar-refractivity contribution in [3.8, 4) is 0 Å². The molecule has 1 saturated carbocycles. The summed E-state index contributed by atoms with van der Waals surface area (Å²) < 4.78 is 0. The largest absolute Gasteiger partial charge is 0.352 e. The van der Waals surface area contributed by atoms with E-state index >= 15 is 0 Å². The van der Waals surface area contributed by atoms with Crippen molar-refractivity contribution in [3.05, 3.63) is 0 Å². The maximum absolute atomic E-state index is 12.0. The van der Waals surface area contributed by atoms with Crippen LogP contribution in [0.2, 0.25) is 0 Å². The van der Waals surface area contributed by atoms with Gasteiger partial charge in [0.25, 0.3) is 0 Å². The molecule has 0 aromatic heterocycles. The second-order valence-corrected chi connectivity index (χ2v) is 6.94. The van der Waals surface area contributed by atoms with E-state index in [4.69, 9.17) is 5.73 Å². The molecule has 5 heteroatoms. The van der Waals surface area contributed by atoms with Crippen LogP contribution in [0, 0.1) is 5.92 Å². The fraction of sp³-hybridized carbons (Fsp3) is 0.909. The van der Waals surface area contributed by atoms with Crippen LogP contribution in [0.4, 0.5) is 0 Å². The quantitative estimate of drug-likeness (QED) is 0.797. The molecule has 3 N–H and O–H groups in total. The third-order valence-corrected chi connectivity index (χ3v) is 6.15. The molecule has 0 spiro atoms. The highest BCUT2D eigenvalue weighted by Crippen LogP contribution is 2.27. The van der Waals surface area contributed by atoms with Crippen LogP contribution in [0.3, 0.4) is 0 Å². The zero-order chi connectivity index (χ0) is 11.4. The average molecular weight is 260 g/mol. The van der Waals surface area contributed by atoms with Crippen LogP contribution in [0.25, 0.3) is 0 Å². The Morgan fingerprint density at radius 3 is 2.94 bits per heavy atom. The van der Waals surface area contributed by atoms with Gasteiger partial charge in [-0.05, 0) is 25.3 Å². The number of rotatable bonds is 3. The molecule has 1 saturated heterocycles. The molecule has 3 nitrogen and oxygen atoms in total. The van der Waals surface area contributed by atoms with Gasteiger partial charge in [-0.25, -0.2) is 0 Å². The molecule has 0 aromatic rings. The molecule has 92 valence electrons. The van der Waals surface area contributed by atoms with E-state index in [1.54, 1.807) is 11.8 Å². The van der Waals surface area contributed by atoms with Crippen molar-refractivity contribution in [2.45, 2.75) is 30.6 Å². The van der Waals surface area contributed by atoms with Crippen LogP contribution in [-0.4, -0.2) is 41.0 Å². The number of thioether (sulfide) groups is 2. The van der Waals surface area contributed by atoms with E-state index in [2.05, 4.69) is 5.32 Å². The van der Waals surface area contributed by atoms with Crippen LogP contribution < -0.4 is 11.1 Å². The molecule has 2 aliphatic rings. The number of amides is 1. The minimum atomic E-state index is 0.165. The molecule has 0 radical (unpaired) electrons. The van der Waals surface area contributed by atoms with Gasteiger partial charge in [-0.2, -0.15) is 11.8 Å². The second kappa shape index (κ2) is 6.17. The Balaban J connectivity index is 1.81. The standard InChI is InChI=1S/C11H20N2OS2/c12-6-8-2-1-3-9(8)13-11(14)10-7-15-4-5-16-10/h8-10H,1-7,12H2,(H,13,14). The molecule has 1 amide bonds. The van der Waals surface area contributed by atoms with Crippen molar-refractivity contribution in [2.75, 3.05) is 23.8 Å². The smallest absolute Gasteiger partial charge is 0.234 e. The lowest BCUT2D eigenvalue weighted by Crippen LogP contribution is -2.45. The molecule has 2 fully saturated rings. The Labute approximate surface area is 106 Å².